The SMILES string of the molecule is O=C(OCC(=O)C12CC3CC(CC(C3)C1)C2)C1CCC1. The van der Waals surface area contributed by atoms with Gasteiger partial charge in [-0.1, -0.05) is 6.42 Å². The van der Waals surface area contributed by atoms with Gasteiger partial charge in [-0.3, -0.25) is 9.59 Å². The Morgan fingerprint density at radius 3 is 1.95 bits per heavy atom. The molecule has 0 radical (unpaired) electrons. The molecule has 0 aliphatic heterocycles. The number of carbonyl (C=O) groups excluding carboxylic acids is 2. The van der Waals surface area contributed by atoms with Crippen LogP contribution in [-0.2, 0) is 14.3 Å². The van der Waals surface area contributed by atoms with Gasteiger partial charge in [0.1, 0.15) is 0 Å². The van der Waals surface area contributed by atoms with Gasteiger partial charge in [-0.05, 0) is 69.1 Å². The Morgan fingerprint density at radius 2 is 1.50 bits per heavy atom. The molecule has 0 spiro atoms. The van der Waals surface area contributed by atoms with Crippen LogP contribution >= 0.6 is 0 Å². The maximum atomic E-state index is 12.7. The Balaban J connectivity index is 1.39. The summed E-state index contributed by atoms with van der Waals surface area (Å²) >= 11 is 0. The average Bonchev–Trinajstić information content (AvgIpc) is 2.32. The molecule has 3 heteroatoms. The van der Waals surface area contributed by atoms with Crippen LogP contribution < -0.4 is 0 Å². The van der Waals surface area contributed by atoms with Crippen molar-refractivity contribution >= 4 is 11.8 Å². The number of carbonyl (C=O) groups is 2. The van der Waals surface area contributed by atoms with Crippen LogP contribution in [0.3, 0.4) is 0 Å². The summed E-state index contributed by atoms with van der Waals surface area (Å²) in [5.74, 6) is 2.49. The van der Waals surface area contributed by atoms with Crippen LogP contribution in [0.5, 0.6) is 0 Å². The van der Waals surface area contributed by atoms with Crippen LogP contribution in [0.15, 0.2) is 0 Å². The summed E-state index contributed by atoms with van der Waals surface area (Å²) in [6.45, 7) is 0.0431. The largest absolute Gasteiger partial charge is 0.457 e. The fourth-order valence-corrected chi connectivity index (χ4v) is 5.50. The lowest BCUT2D eigenvalue weighted by Gasteiger charge is -2.55. The molecule has 110 valence electrons. The lowest BCUT2D eigenvalue weighted by atomic mass is 9.48. The minimum Gasteiger partial charge on any atom is -0.457 e. The van der Waals surface area contributed by atoms with Gasteiger partial charge in [0.05, 0.1) is 5.92 Å². The molecule has 20 heavy (non-hydrogen) atoms. The van der Waals surface area contributed by atoms with E-state index in [1.807, 2.05) is 0 Å². The van der Waals surface area contributed by atoms with Gasteiger partial charge in [-0.25, -0.2) is 0 Å². The van der Waals surface area contributed by atoms with Gasteiger partial charge in [0.25, 0.3) is 0 Å². The second-order valence-electron chi connectivity index (χ2n) is 7.86. The summed E-state index contributed by atoms with van der Waals surface area (Å²) in [7, 11) is 0. The molecular weight excluding hydrogens is 252 g/mol. The number of Topliss-reactive ketones (excluding diaryl/α,β-unsaturated/α-hetero) is 1. The lowest BCUT2D eigenvalue weighted by Crippen LogP contribution is -2.51. The first kappa shape index (κ1) is 12.8. The number of hydrogen-bond acceptors (Lipinski definition) is 3. The number of ether oxygens (including phenoxy) is 1. The maximum Gasteiger partial charge on any atom is 0.309 e. The van der Waals surface area contributed by atoms with Crippen molar-refractivity contribution in [3.05, 3.63) is 0 Å². The summed E-state index contributed by atoms with van der Waals surface area (Å²) in [6.07, 6.45) is 10.3. The normalized spacial score (nSPS) is 42.3. The number of rotatable bonds is 4. The molecular formula is C17H24O3. The minimum atomic E-state index is -0.130. The molecule has 0 amide bonds. The molecule has 0 aromatic heterocycles. The molecule has 0 unspecified atom stereocenters. The summed E-state index contributed by atoms with van der Waals surface area (Å²) in [4.78, 5) is 24.4. The van der Waals surface area contributed by atoms with Gasteiger partial charge in [-0.15, -0.1) is 0 Å². The maximum absolute atomic E-state index is 12.7. The zero-order valence-electron chi connectivity index (χ0n) is 12.1. The predicted octanol–water partition coefficient (Wildman–Crippen LogP) is 3.12. The second kappa shape index (κ2) is 4.57. The Bertz CT molecular complexity index is 400. The van der Waals surface area contributed by atoms with Crippen molar-refractivity contribution in [1.82, 2.24) is 0 Å². The van der Waals surface area contributed by atoms with Gasteiger partial charge in [0.2, 0.25) is 0 Å². The lowest BCUT2D eigenvalue weighted by molar-refractivity contribution is -0.161. The first-order chi connectivity index (χ1) is 9.64. The van der Waals surface area contributed by atoms with Gasteiger partial charge in [0, 0.05) is 5.41 Å². The van der Waals surface area contributed by atoms with E-state index in [0.29, 0.717) is 0 Å². The van der Waals surface area contributed by atoms with E-state index in [1.165, 1.54) is 19.3 Å². The molecule has 5 aliphatic carbocycles. The van der Waals surface area contributed by atoms with E-state index < -0.39 is 0 Å². The number of ketones is 1. The second-order valence-corrected chi connectivity index (χ2v) is 7.86. The molecule has 5 saturated carbocycles. The minimum absolute atomic E-state index is 0.0431. The van der Waals surface area contributed by atoms with Gasteiger partial charge in [0.15, 0.2) is 12.4 Å². The Labute approximate surface area is 120 Å². The van der Waals surface area contributed by atoms with Crippen molar-refractivity contribution in [2.24, 2.45) is 29.1 Å². The summed E-state index contributed by atoms with van der Waals surface area (Å²) in [5.41, 5.74) is -0.116. The molecule has 0 heterocycles. The van der Waals surface area contributed by atoms with Crippen molar-refractivity contribution in [3.8, 4) is 0 Å². The van der Waals surface area contributed by atoms with Crippen molar-refractivity contribution in [2.45, 2.75) is 57.8 Å². The molecule has 0 aromatic carbocycles. The summed E-state index contributed by atoms with van der Waals surface area (Å²) < 4.78 is 5.31. The molecule has 0 N–H and O–H groups in total. The third-order valence-corrected chi connectivity index (χ3v) is 6.41. The van der Waals surface area contributed by atoms with Crippen molar-refractivity contribution < 1.29 is 14.3 Å². The molecule has 5 rings (SSSR count). The van der Waals surface area contributed by atoms with E-state index in [-0.39, 0.29) is 29.7 Å². The van der Waals surface area contributed by atoms with Crippen molar-refractivity contribution in [1.29, 1.82) is 0 Å². The van der Waals surface area contributed by atoms with Crippen LogP contribution in [-0.4, -0.2) is 18.4 Å². The van der Waals surface area contributed by atoms with Gasteiger partial charge < -0.3 is 4.74 Å². The van der Waals surface area contributed by atoms with Crippen LogP contribution in [0.25, 0.3) is 0 Å². The van der Waals surface area contributed by atoms with E-state index in [1.54, 1.807) is 0 Å². The molecule has 0 saturated heterocycles. The molecule has 0 atom stereocenters. The first-order valence-electron chi connectivity index (χ1n) is 8.34. The van der Waals surface area contributed by atoms with E-state index >= 15 is 0 Å². The van der Waals surface area contributed by atoms with Crippen molar-refractivity contribution in [2.75, 3.05) is 6.61 Å². The Morgan fingerprint density at radius 1 is 0.950 bits per heavy atom. The van der Waals surface area contributed by atoms with Crippen LogP contribution in [0.2, 0.25) is 0 Å². The Kier molecular flexibility index (Phi) is 2.94. The fraction of sp³-hybridized carbons (Fsp3) is 0.882. The van der Waals surface area contributed by atoms with Crippen molar-refractivity contribution in [3.63, 3.8) is 0 Å². The highest BCUT2D eigenvalue weighted by atomic mass is 16.5. The molecule has 0 aromatic rings. The monoisotopic (exact) mass is 276 g/mol. The topological polar surface area (TPSA) is 43.4 Å². The summed E-state index contributed by atoms with van der Waals surface area (Å²) in [5, 5.41) is 0. The molecule has 5 aliphatic rings. The predicted molar refractivity (Wildman–Crippen MR) is 73.9 cm³/mol. The highest BCUT2D eigenvalue weighted by Gasteiger charge is 2.54. The highest BCUT2D eigenvalue weighted by molar-refractivity contribution is 5.88. The zero-order chi connectivity index (χ0) is 13.7. The third-order valence-electron chi connectivity index (χ3n) is 6.41. The first-order valence-corrected chi connectivity index (χ1v) is 8.34. The average molecular weight is 276 g/mol. The third kappa shape index (κ3) is 2.01. The highest BCUT2D eigenvalue weighted by Crippen LogP contribution is 2.60. The molecule has 3 nitrogen and oxygen atoms in total. The van der Waals surface area contributed by atoms with Gasteiger partial charge >= 0.3 is 5.97 Å². The Hall–Kier alpha value is -0.860. The van der Waals surface area contributed by atoms with Crippen LogP contribution in [0, 0.1) is 29.1 Å². The zero-order valence-corrected chi connectivity index (χ0v) is 12.1. The smallest absolute Gasteiger partial charge is 0.309 e. The number of esters is 1. The van der Waals surface area contributed by atoms with E-state index in [4.69, 9.17) is 4.74 Å². The molecule has 5 fully saturated rings. The van der Waals surface area contributed by atoms with E-state index in [2.05, 4.69) is 0 Å². The van der Waals surface area contributed by atoms with Gasteiger partial charge in [-0.2, -0.15) is 0 Å². The van der Waals surface area contributed by atoms with E-state index in [9.17, 15) is 9.59 Å². The van der Waals surface area contributed by atoms with E-state index in [0.717, 1.165) is 56.3 Å². The summed E-state index contributed by atoms with van der Waals surface area (Å²) in [6, 6.07) is 0. The van der Waals surface area contributed by atoms with Crippen LogP contribution in [0.1, 0.15) is 57.8 Å². The quantitative estimate of drug-likeness (QED) is 0.741. The molecule has 4 bridgehead atoms. The fourth-order valence-electron chi connectivity index (χ4n) is 5.50. The van der Waals surface area contributed by atoms with Crippen LogP contribution in [0.4, 0.5) is 0 Å². The number of hydrogen-bond donors (Lipinski definition) is 0. The standard InChI is InChI=1S/C17H24O3/c18-15(10-20-16(19)14-2-1-3-14)17-7-11-4-12(8-17)6-13(5-11)9-17/h11-14H,1-10H2.